The molecule has 1 amide bonds. The number of hydrogen-bond donors (Lipinski definition) is 1. The first-order valence-corrected chi connectivity index (χ1v) is 9.62. The number of fused-ring (bicyclic) bond motifs is 1. The summed E-state index contributed by atoms with van der Waals surface area (Å²) in [6, 6.07) is 17.0. The summed E-state index contributed by atoms with van der Waals surface area (Å²) in [6.07, 6.45) is 6.74. The van der Waals surface area contributed by atoms with Gasteiger partial charge < -0.3 is 4.57 Å². The molecule has 2 aromatic carbocycles. The van der Waals surface area contributed by atoms with E-state index in [-0.39, 0.29) is 5.91 Å². The van der Waals surface area contributed by atoms with Crippen LogP contribution >= 0.6 is 23.2 Å². The van der Waals surface area contributed by atoms with Crippen molar-refractivity contribution in [1.29, 1.82) is 0 Å². The van der Waals surface area contributed by atoms with Gasteiger partial charge in [0.2, 0.25) is 0 Å². The van der Waals surface area contributed by atoms with Gasteiger partial charge in [-0.15, -0.1) is 0 Å². The lowest BCUT2D eigenvalue weighted by molar-refractivity contribution is 0.0955. The van der Waals surface area contributed by atoms with Gasteiger partial charge in [0.25, 0.3) is 5.91 Å². The summed E-state index contributed by atoms with van der Waals surface area (Å²) in [6.45, 7) is 0.632. The van der Waals surface area contributed by atoms with Crippen molar-refractivity contribution in [2.75, 3.05) is 0 Å². The maximum atomic E-state index is 12.1. The molecular weight excluding hydrogens is 407 g/mol. The van der Waals surface area contributed by atoms with Crippen LogP contribution in [0.15, 0.2) is 78.3 Å². The third-order valence-corrected chi connectivity index (χ3v) is 5.19. The number of amides is 1. The highest BCUT2D eigenvalue weighted by Crippen LogP contribution is 2.25. The number of benzene rings is 2. The first-order valence-electron chi connectivity index (χ1n) is 8.87. The van der Waals surface area contributed by atoms with Crippen LogP contribution in [-0.2, 0) is 6.54 Å². The van der Waals surface area contributed by atoms with E-state index in [2.05, 4.69) is 20.1 Å². The third-order valence-electron chi connectivity index (χ3n) is 4.45. The van der Waals surface area contributed by atoms with E-state index in [9.17, 15) is 4.79 Å². The maximum absolute atomic E-state index is 12.1. The molecule has 0 atom stereocenters. The van der Waals surface area contributed by atoms with E-state index in [1.165, 1.54) is 6.20 Å². The minimum absolute atomic E-state index is 0.311. The number of rotatable bonds is 5. The zero-order valence-electron chi connectivity index (χ0n) is 15.2. The molecule has 0 saturated heterocycles. The number of hydrazone groups is 1. The van der Waals surface area contributed by atoms with E-state index in [0.29, 0.717) is 22.2 Å². The molecule has 0 unspecified atom stereocenters. The number of nitrogens with one attached hydrogen (secondary N) is 1. The molecule has 7 heteroatoms. The normalized spacial score (nSPS) is 11.2. The molecule has 0 aliphatic rings. The number of carbonyl (C=O) groups excluding carboxylic acids is 1. The lowest BCUT2D eigenvalue weighted by Gasteiger charge is -2.06. The Balaban J connectivity index is 1.58. The molecule has 0 aliphatic carbocycles. The largest absolute Gasteiger partial charge is 0.342 e. The Morgan fingerprint density at radius 1 is 1.10 bits per heavy atom. The minimum Gasteiger partial charge on any atom is -0.342 e. The molecular formula is C22H16Cl2N4O. The summed E-state index contributed by atoms with van der Waals surface area (Å²) in [5.41, 5.74) is 5.97. The Morgan fingerprint density at radius 2 is 1.97 bits per heavy atom. The third kappa shape index (κ3) is 4.31. The van der Waals surface area contributed by atoms with Crippen LogP contribution in [0.3, 0.4) is 0 Å². The zero-order valence-corrected chi connectivity index (χ0v) is 16.7. The second-order valence-corrected chi connectivity index (χ2v) is 7.23. The summed E-state index contributed by atoms with van der Waals surface area (Å²) in [7, 11) is 0. The van der Waals surface area contributed by atoms with Gasteiger partial charge in [0, 0.05) is 41.6 Å². The van der Waals surface area contributed by atoms with E-state index in [0.717, 1.165) is 22.0 Å². The number of halogens is 2. The topological polar surface area (TPSA) is 59.3 Å². The van der Waals surface area contributed by atoms with E-state index in [4.69, 9.17) is 23.2 Å². The number of aromatic nitrogens is 2. The van der Waals surface area contributed by atoms with Gasteiger partial charge in [-0.25, -0.2) is 5.43 Å². The number of nitrogens with zero attached hydrogens (tertiary/aromatic N) is 3. The highest BCUT2D eigenvalue weighted by molar-refractivity contribution is 6.42. The maximum Gasteiger partial charge on any atom is 0.272 e. The van der Waals surface area contributed by atoms with Crippen molar-refractivity contribution in [3.8, 4) is 0 Å². The molecule has 0 spiro atoms. The summed E-state index contributed by atoms with van der Waals surface area (Å²) in [5, 5.41) is 6.20. The Morgan fingerprint density at radius 3 is 2.76 bits per heavy atom. The number of carbonyl (C=O) groups is 1. The lowest BCUT2D eigenvalue weighted by Crippen LogP contribution is -2.17. The van der Waals surface area contributed by atoms with Crippen LogP contribution in [0.5, 0.6) is 0 Å². The fraction of sp³-hybridized carbons (Fsp3) is 0.0455. The first kappa shape index (κ1) is 19.2. The first-order chi connectivity index (χ1) is 14.1. The number of para-hydroxylation sites is 1. The quantitative estimate of drug-likeness (QED) is 0.356. The van der Waals surface area contributed by atoms with E-state index in [1.807, 2.05) is 42.6 Å². The molecule has 1 N–H and O–H groups in total. The van der Waals surface area contributed by atoms with Crippen LogP contribution in [0.2, 0.25) is 10.0 Å². The van der Waals surface area contributed by atoms with Gasteiger partial charge in [-0.05, 0) is 35.9 Å². The Hall–Kier alpha value is -3.15. The Kier molecular flexibility index (Phi) is 5.60. The highest BCUT2D eigenvalue weighted by atomic mass is 35.5. The van der Waals surface area contributed by atoms with Crippen LogP contribution in [0.25, 0.3) is 10.9 Å². The van der Waals surface area contributed by atoms with Gasteiger partial charge in [0.15, 0.2) is 0 Å². The van der Waals surface area contributed by atoms with Crippen molar-refractivity contribution >= 4 is 46.2 Å². The molecule has 5 nitrogen and oxygen atoms in total. The molecule has 0 saturated carbocycles. The molecule has 0 fully saturated rings. The molecule has 2 aromatic heterocycles. The van der Waals surface area contributed by atoms with Crippen LogP contribution < -0.4 is 5.43 Å². The number of hydrogen-bond acceptors (Lipinski definition) is 3. The molecule has 0 bridgehead atoms. The SMILES string of the molecule is O=C(N/N=C\c1cn(Cc2ccc(Cl)c(Cl)c2)c2ccccc12)c1cccnc1. The van der Waals surface area contributed by atoms with Crippen molar-refractivity contribution in [3.05, 3.63) is 99.9 Å². The average molecular weight is 423 g/mol. The second kappa shape index (κ2) is 8.47. The monoisotopic (exact) mass is 422 g/mol. The fourth-order valence-corrected chi connectivity index (χ4v) is 3.39. The molecule has 0 aliphatic heterocycles. The van der Waals surface area contributed by atoms with Gasteiger partial charge >= 0.3 is 0 Å². The van der Waals surface area contributed by atoms with Crippen LogP contribution in [-0.4, -0.2) is 21.7 Å². The molecule has 4 aromatic rings. The standard InChI is InChI=1S/C22H16Cl2N4O/c23-19-8-7-15(10-20(19)24)13-28-14-17(18-5-1-2-6-21(18)28)12-26-27-22(29)16-4-3-9-25-11-16/h1-12,14H,13H2,(H,27,29)/b26-12-. The zero-order chi connectivity index (χ0) is 20.2. The molecule has 4 rings (SSSR count). The van der Waals surface area contributed by atoms with Gasteiger partial charge in [0.05, 0.1) is 21.8 Å². The Bertz CT molecular complexity index is 1200. The van der Waals surface area contributed by atoms with Crippen molar-refractivity contribution in [1.82, 2.24) is 15.0 Å². The van der Waals surface area contributed by atoms with Crippen molar-refractivity contribution in [2.24, 2.45) is 5.10 Å². The van der Waals surface area contributed by atoms with Crippen LogP contribution in [0.1, 0.15) is 21.5 Å². The van der Waals surface area contributed by atoms with Crippen molar-refractivity contribution in [2.45, 2.75) is 6.54 Å². The van der Waals surface area contributed by atoms with Crippen LogP contribution in [0.4, 0.5) is 0 Å². The second-order valence-electron chi connectivity index (χ2n) is 6.42. The highest BCUT2D eigenvalue weighted by Gasteiger charge is 2.09. The summed E-state index contributed by atoms with van der Waals surface area (Å²) < 4.78 is 2.11. The van der Waals surface area contributed by atoms with E-state index in [1.54, 1.807) is 30.6 Å². The average Bonchev–Trinajstić information content (AvgIpc) is 3.09. The molecule has 144 valence electrons. The molecule has 2 heterocycles. The van der Waals surface area contributed by atoms with Gasteiger partial charge in [-0.3, -0.25) is 9.78 Å². The predicted molar refractivity (Wildman–Crippen MR) is 117 cm³/mol. The van der Waals surface area contributed by atoms with Gasteiger partial charge in [0.1, 0.15) is 0 Å². The smallest absolute Gasteiger partial charge is 0.272 e. The minimum atomic E-state index is -0.311. The predicted octanol–water partition coefficient (Wildman–Crippen LogP) is 5.16. The summed E-state index contributed by atoms with van der Waals surface area (Å²) in [4.78, 5) is 16.0. The number of pyridine rings is 1. The summed E-state index contributed by atoms with van der Waals surface area (Å²) in [5.74, 6) is -0.311. The lowest BCUT2D eigenvalue weighted by atomic mass is 10.2. The Labute approximate surface area is 177 Å². The van der Waals surface area contributed by atoms with Crippen LogP contribution in [0, 0.1) is 0 Å². The van der Waals surface area contributed by atoms with Crippen molar-refractivity contribution in [3.63, 3.8) is 0 Å². The molecule has 29 heavy (non-hydrogen) atoms. The molecule has 0 radical (unpaired) electrons. The summed E-state index contributed by atoms with van der Waals surface area (Å²) >= 11 is 12.2. The van der Waals surface area contributed by atoms with E-state index >= 15 is 0 Å². The van der Waals surface area contributed by atoms with Gasteiger partial charge in [-0.1, -0.05) is 47.5 Å². The van der Waals surface area contributed by atoms with Gasteiger partial charge in [-0.2, -0.15) is 5.10 Å². The fourth-order valence-electron chi connectivity index (χ4n) is 3.07. The van der Waals surface area contributed by atoms with E-state index < -0.39 is 0 Å². The van der Waals surface area contributed by atoms with Crippen molar-refractivity contribution < 1.29 is 4.79 Å².